The van der Waals surface area contributed by atoms with Gasteiger partial charge in [0, 0.05) is 18.4 Å². The van der Waals surface area contributed by atoms with E-state index in [1.165, 1.54) is 0 Å². The summed E-state index contributed by atoms with van der Waals surface area (Å²) in [5.74, 6) is -0.451. The van der Waals surface area contributed by atoms with E-state index in [1.807, 2.05) is 74.5 Å². The number of fused-ring (bicyclic) bond motifs is 1. The van der Waals surface area contributed by atoms with Crippen LogP contribution in [0, 0.1) is 22.2 Å². The average molecular weight is 437 g/mol. The maximum atomic E-state index is 14.0. The Labute approximate surface area is 192 Å². The number of nitrogens with zero attached hydrogens (tertiary/aromatic N) is 1. The molecule has 2 aromatic carbocycles. The molecule has 6 heteroatoms. The van der Waals surface area contributed by atoms with E-state index >= 15 is 0 Å². The van der Waals surface area contributed by atoms with E-state index < -0.39 is 11.3 Å². The molecule has 1 spiro atoms. The van der Waals surface area contributed by atoms with E-state index in [-0.39, 0.29) is 34.6 Å². The van der Waals surface area contributed by atoms with Crippen molar-refractivity contribution in [1.29, 1.82) is 5.26 Å². The van der Waals surface area contributed by atoms with Gasteiger partial charge in [-0.25, -0.2) is 0 Å². The first-order valence-corrected chi connectivity index (χ1v) is 10.8. The Balaban J connectivity index is 1.92. The number of ketones is 1. The van der Waals surface area contributed by atoms with E-state index in [9.17, 15) is 14.9 Å². The molecule has 0 saturated carbocycles. The maximum Gasteiger partial charge on any atom is 0.245 e. The zero-order valence-corrected chi connectivity index (χ0v) is 18.4. The highest BCUT2D eigenvalue weighted by Crippen LogP contribution is 2.59. The Kier molecular flexibility index (Phi) is 4.54. The molecule has 0 radical (unpaired) electrons. The van der Waals surface area contributed by atoms with Crippen LogP contribution < -0.4 is 11.1 Å². The normalized spacial score (nSPS) is 23.9. The molecule has 2 aromatic rings. The third-order valence-corrected chi connectivity index (χ3v) is 6.51. The minimum atomic E-state index is -1.67. The lowest BCUT2D eigenvalue weighted by atomic mass is 9.60. The van der Waals surface area contributed by atoms with Crippen LogP contribution in [0.1, 0.15) is 37.8 Å². The summed E-state index contributed by atoms with van der Waals surface area (Å²) in [5.41, 5.74) is 6.99. The minimum absolute atomic E-state index is 0.0587. The lowest BCUT2D eigenvalue weighted by molar-refractivity contribution is -0.127. The molecular weight excluding hydrogens is 414 g/mol. The number of carbonyl (C=O) groups is 2. The van der Waals surface area contributed by atoms with Crippen LogP contribution >= 0.6 is 0 Å². The topological polar surface area (TPSA) is 105 Å². The van der Waals surface area contributed by atoms with Crippen molar-refractivity contribution in [2.45, 2.75) is 26.7 Å². The van der Waals surface area contributed by atoms with Gasteiger partial charge in [-0.15, -0.1) is 0 Å². The second-order valence-electron chi connectivity index (χ2n) is 9.38. The summed E-state index contributed by atoms with van der Waals surface area (Å²) in [4.78, 5) is 27.6. The van der Waals surface area contributed by atoms with Gasteiger partial charge in [0.05, 0.1) is 11.3 Å². The molecule has 1 unspecified atom stereocenters. The minimum Gasteiger partial charge on any atom is -0.444 e. The molecule has 164 valence electrons. The summed E-state index contributed by atoms with van der Waals surface area (Å²) in [5, 5.41) is 13.2. The molecule has 5 rings (SSSR count). The Morgan fingerprint density at radius 2 is 1.55 bits per heavy atom. The molecule has 6 nitrogen and oxygen atoms in total. The van der Waals surface area contributed by atoms with Gasteiger partial charge >= 0.3 is 0 Å². The summed E-state index contributed by atoms with van der Waals surface area (Å²) < 4.78 is 5.85. The number of amides is 1. The summed E-state index contributed by atoms with van der Waals surface area (Å²) in [7, 11) is 0. The van der Waals surface area contributed by atoms with Gasteiger partial charge in [-0.3, -0.25) is 9.59 Å². The maximum absolute atomic E-state index is 14.0. The SMILES string of the molecule is CC1(C)CC(=O)C2=C(C1)OC(N)=C(C#N)C21C(=O)NC(c2ccccc2)=C1c1ccccc1. The van der Waals surface area contributed by atoms with Crippen LogP contribution in [0.5, 0.6) is 0 Å². The van der Waals surface area contributed by atoms with Crippen molar-refractivity contribution >= 4 is 23.0 Å². The number of ether oxygens (including phenoxy) is 1. The first kappa shape index (κ1) is 20.8. The van der Waals surface area contributed by atoms with Crippen molar-refractivity contribution < 1.29 is 14.3 Å². The van der Waals surface area contributed by atoms with Gasteiger partial charge in [0.2, 0.25) is 11.8 Å². The summed E-state index contributed by atoms with van der Waals surface area (Å²) in [6, 6.07) is 20.9. The molecule has 1 aliphatic carbocycles. The summed E-state index contributed by atoms with van der Waals surface area (Å²) >= 11 is 0. The van der Waals surface area contributed by atoms with Gasteiger partial charge < -0.3 is 15.8 Å². The highest BCUT2D eigenvalue weighted by Gasteiger charge is 2.62. The lowest BCUT2D eigenvalue weighted by Crippen LogP contribution is -2.46. The van der Waals surface area contributed by atoms with Crippen LogP contribution in [-0.4, -0.2) is 11.7 Å². The number of allylic oxidation sites excluding steroid dienone is 1. The molecule has 0 aromatic heterocycles. The number of nitriles is 1. The van der Waals surface area contributed by atoms with E-state index in [1.54, 1.807) is 0 Å². The summed E-state index contributed by atoms with van der Waals surface area (Å²) in [6.45, 7) is 3.95. The second kappa shape index (κ2) is 7.21. The van der Waals surface area contributed by atoms with Crippen LogP contribution in [-0.2, 0) is 14.3 Å². The number of nitrogens with one attached hydrogen (secondary N) is 1. The Hall–Kier alpha value is -4.11. The highest BCUT2D eigenvalue weighted by atomic mass is 16.5. The Bertz CT molecular complexity index is 1330. The first-order chi connectivity index (χ1) is 15.8. The number of hydrogen-bond donors (Lipinski definition) is 2. The Morgan fingerprint density at radius 1 is 0.939 bits per heavy atom. The van der Waals surface area contributed by atoms with Crippen LogP contribution in [0.15, 0.2) is 83.5 Å². The van der Waals surface area contributed by atoms with Crippen LogP contribution in [0.3, 0.4) is 0 Å². The van der Waals surface area contributed by atoms with Gasteiger partial charge in [-0.2, -0.15) is 5.26 Å². The predicted molar refractivity (Wildman–Crippen MR) is 123 cm³/mol. The van der Waals surface area contributed by atoms with Crippen molar-refractivity contribution in [3.63, 3.8) is 0 Å². The third-order valence-electron chi connectivity index (χ3n) is 6.51. The van der Waals surface area contributed by atoms with E-state index in [0.29, 0.717) is 23.5 Å². The quantitative estimate of drug-likeness (QED) is 0.738. The zero-order valence-electron chi connectivity index (χ0n) is 18.4. The molecule has 2 heterocycles. The van der Waals surface area contributed by atoms with Crippen LogP contribution in [0.25, 0.3) is 11.3 Å². The molecule has 3 aliphatic rings. The molecule has 0 saturated heterocycles. The fourth-order valence-corrected chi connectivity index (χ4v) is 5.24. The fraction of sp³-hybridized carbons (Fsp3) is 0.222. The Morgan fingerprint density at radius 3 is 2.15 bits per heavy atom. The smallest absolute Gasteiger partial charge is 0.245 e. The first-order valence-electron chi connectivity index (χ1n) is 10.8. The molecule has 2 aliphatic heterocycles. The molecule has 3 N–H and O–H groups in total. The fourth-order valence-electron chi connectivity index (χ4n) is 5.24. The average Bonchev–Trinajstić information content (AvgIpc) is 3.06. The van der Waals surface area contributed by atoms with Gasteiger partial charge in [0.25, 0.3) is 0 Å². The molecule has 1 atom stereocenters. The van der Waals surface area contributed by atoms with Crippen LogP contribution in [0.4, 0.5) is 0 Å². The molecule has 33 heavy (non-hydrogen) atoms. The van der Waals surface area contributed by atoms with Gasteiger partial charge in [0.15, 0.2) is 5.78 Å². The second-order valence-corrected chi connectivity index (χ2v) is 9.38. The highest BCUT2D eigenvalue weighted by molar-refractivity contribution is 6.24. The lowest BCUT2D eigenvalue weighted by Gasteiger charge is -2.42. The third kappa shape index (κ3) is 2.93. The number of carbonyl (C=O) groups excluding carboxylic acids is 2. The number of rotatable bonds is 2. The van der Waals surface area contributed by atoms with Crippen molar-refractivity contribution in [3.8, 4) is 6.07 Å². The molecule has 1 amide bonds. The van der Waals surface area contributed by atoms with Crippen molar-refractivity contribution in [2.75, 3.05) is 0 Å². The number of benzene rings is 2. The standard InChI is InChI=1S/C27H23N3O3/c1-26(2)13-19(31)22-20(14-26)33-24(29)18(15-28)27(22)21(16-9-5-3-6-10-16)23(30-25(27)32)17-11-7-4-8-12-17/h3-12H,13-14,29H2,1-2H3,(H,30,32). The van der Waals surface area contributed by atoms with Crippen molar-refractivity contribution in [1.82, 2.24) is 5.32 Å². The van der Waals surface area contributed by atoms with E-state index in [4.69, 9.17) is 10.5 Å². The number of Topliss-reactive ketones (excluding diaryl/α,β-unsaturated/α-hetero) is 1. The van der Waals surface area contributed by atoms with E-state index in [0.717, 1.165) is 11.1 Å². The van der Waals surface area contributed by atoms with E-state index in [2.05, 4.69) is 11.4 Å². The van der Waals surface area contributed by atoms with Crippen molar-refractivity contribution in [2.24, 2.45) is 16.6 Å². The van der Waals surface area contributed by atoms with Gasteiger partial charge in [-0.1, -0.05) is 74.5 Å². The van der Waals surface area contributed by atoms with Crippen molar-refractivity contribution in [3.05, 3.63) is 94.6 Å². The number of hydrogen-bond acceptors (Lipinski definition) is 5. The zero-order chi connectivity index (χ0) is 23.4. The summed E-state index contributed by atoms with van der Waals surface area (Å²) in [6.07, 6.45) is 0.677. The number of nitrogens with two attached hydrogens (primary N) is 1. The predicted octanol–water partition coefficient (Wildman–Crippen LogP) is 4.04. The van der Waals surface area contributed by atoms with Gasteiger partial charge in [-0.05, 0) is 16.5 Å². The van der Waals surface area contributed by atoms with Crippen LogP contribution in [0.2, 0.25) is 0 Å². The largest absolute Gasteiger partial charge is 0.444 e. The monoisotopic (exact) mass is 437 g/mol. The molecular formula is C27H23N3O3. The van der Waals surface area contributed by atoms with Gasteiger partial charge in [0.1, 0.15) is 22.8 Å². The molecule has 0 fully saturated rings. The molecule has 0 bridgehead atoms.